The highest BCUT2D eigenvalue weighted by Crippen LogP contribution is 2.23. The van der Waals surface area contributed by atoms with Crippen molar-refractivity contribution in [1.82, 2.24) is 0 Å². The van der Waals surface area contributed by atoms with Crippen LogP contribution in [-0.4, -0.2) is 0 Å². The molecule has 0 fully saturated rings. The quantitative estimate of drug-likeness (QED) is 0.816. The monoisotopic (exact) mass is 250 g/mol. The lowest BCUT2D eigenvalue weighted by atomic mass is 10.2. The Kier molecular flexibility index (Phi) is 3.49. The van der Waals surface area contributed by atoms with Gasteiger partial charge in [0.15, 0.2) is 0 Å². The molecule has 2 nitrogen and oxygen atoms in total. The lowest BCUT2D eigenvalue weighted by molar-refractivity contribution is 0.627. The van der Waals surface area contributed by atoms with Gasteiger partial charge in [0.25, 0.3) is 0 Å². The molecule has 17 heavy (non-hydrogen) atoms. The summed E-state index contributed by atoms with van der Waals surface area (Å²) in [5, 5.41) is 3.78. The highest BCUT2D eigenvalue weighted by atomic mass is 35.5. The third-order valence-corrected chi connectivity index (χ3v) is 2.65. The summed E-state index contributed by atoms with van der Waals surface area (Å²) >= 11 is 5.87. The second-order valence-corrected chi connectivity index (χ2v) is 4.15. The average molecular weight is 251 g/mol. The van der Waals surface area contributed by atoms with Gasteiger partial charge in [-0.3, -0.25) is 0 Å². The first-order valence-electron chi connectivity index (χ1n) is 5.18. The van der Waals surface area contributed by atoms with E-state index in [-0.39, 0.29) is 5.82 Å². The molecule has 2 aromatic carbocycles. The highest BCUT2D eigenvalue weighted by Gasteiger charge is 2.00. The van der Waals surface area contributed by atoms with E-state index in [0.717, 1.165) is 11.3 Å². The molecule has 0 aliphatic heterocycles. The molecule has 0 radical (unpaired) electrons. The summed E-state index contributed by atoms with van der Waals surface area (Å²) in [6.45, 7) is 0.574. The van der Waals surface area contributed by atoms with Gasteiger partial charge in [0.2, 0.25) is 0 Å². The smallest absolute Gasteiger partial charge is 0.123 e. The van der Waals surface area contributed by atoms with E-state index in [1.165, 1.54) is 12.1 Å². The summed E-state index contributed by atoms with van der Waals surface area (Å²) in [6, 6.07) is 11.6. The Morgan fingerprint density at radius 3 is 2.53 bits per heavy atom. The Morgan fingerprint density at radius 2 is 1.82 bits per heavy atom. The Hall–Kier alpha value is -1.74. The fourth-order valence-corrected chi connectivity index (χ4v) is 1.65. The van der Waals surface area contributed by atoms with Crippen LogP contribution in [0.2, 0.25) is 5.02 Å². The standard InChI is InChI=1S/C13H12ClFN2/c14-10-3-6-12(16)13(7-10)17-8-9-1-4-11(15)5-2-9/h1-7,17H,8,16H2. The van der Waals surface area contributed by atoms with E-state index < -0.39 is 0 Å². The van der Waals surface area contributed by atoms with Crippen LogP contribution >= 0.6 is 11.6 Å². The van der Waals surface area contributed by atoms with Crippen molar-refractivity contribution >= 4 is 23.0 Å². The molecule has 0 unspecified atom stereocenters. The van der Waals surface area contributed by atoms with Gasteiger partial charge in [0.1, 0.15) is 5.82 Å². The van der Waals surface area contributed by atoms with Crippen LogP contribution in [-0.2, 0) is 6.54 Å². The van der Waals surface area contributed by atoms with Gasteiger partial charge in [-0.25, -0.2) is 4.39 Å². The van der Waals surface area contributed by atoms with Gasteiger partial charge in [-0.15, -0.1) is 0 Å². The van der Waals surface area contributed by atoms with Gasteiger partial charge in [-0.1, -0.05) is 23.7 Å². The van der Waals surface area contributed by atoms with Gasteiger partial charge in [0, 0.05) is 11.6 Å². The van der Waals surface area contributed by atoms with Gasteiger partial charge < -0.3 is 11.1 Å². The number of nitrogen functional groups attached to an aromatic ring is 1. The third-order valence-electron chi connectivity index (χ3n) is 2.41. The van der Waals surface area contributed by atoms with Crippen LogP contribution in [0.3, 0.4) is 0 Å². The van der Waals surface area contributed by atoms with E-state index >= 15 is 0 Å². The summed E-state index contributed by atoms with van der Waals surface area (Å²) in [5.41, 5.74) is 8.19. The Morgan fingerprint density at radius 1 is 1.12 bits per heavy atom. The van der Waals surface area contributed by atoms with E-state index in [1.807, 2.05) is 0 Å². The van der Waals surface area contributed by atoms with Crippen molar-refractivity contribution in [3.63, 3.8) is 0 Å². The minimum atomic E-state index is -0.240. The Balaban J connectivity index is 2.07. The van der Waals surface area contributed by atoms with Crippen LogP contribution in [0.25, 0.3) is 0 Å². The summed E-state index contributed by atoms with van der Waals surface area (Å²) < 4.78 is 12.7. The molecule has 0 heterocycles. The van der Waals surface area contributed by atoms with E-state index in [0.29, 0.717) is 17.3 Å². The molecule has 0 saturated carbocycles. The van der Waals surface area contributed by atoms with Gasteiger partial charge in [-0.05, 0) is 35.9 Å². The average Bonchev–Trinajstić information content (AvgIpc) is 2.32. The second kappa shape index (κ2) is 5.06. The number of nitrogens with one attached hydrogen (secondary N) is 1. The van der Waals surface area contributed by atoms with Crippen LogP contribution in [0, 0.1) is 5.82 Å². The number of benzene rings is 2. The molecular weight excluding hydrogens is 239 g/mol. The van der Waals surface area contributed by atoms with Gasteiger partial charge >= 0.3 is 0 Å². The first kappa shape index (κ1) is 11.7. The molecule has 2 rings (SSSR count). The zero-order valence-electron chi connectivity index (χ0n) is 9.08. The molecule has 0 aromatic heterocycles. The van der Waals surface area contributed by atoms with Crippen LogP contribution in [0.1, 0.15) is 5.56 Å². The number of anilines is 2. The number of nitrogens with two attached hydrogens (primary N) is 1. The van der Waals surface area contributed by atoms with E-state index in [1.54, 1.807) is 30.3 Å². The zero-order valence-corrected chi connectivity index (χ0v) is 9.84. The lowest BCUT2D eigenvalue weighted by Gasteiger charge is -2.09. The molecule has 0 bridgehead atoms. The predicted octanol–water partition coefficient (Wildman–Crippen LogP) is 3.67. The summed E-state index contributed by atoms with van der Waals surface area (Å²) in [6.07, 6.45) is 0. The number of halogens is 2. The van der Waals surface area contributed by atoms with E-state index in [4.69, 9.17) is 17.3 Å². The van der Waals surface area contributed by atoms with Crippen LogP contribution in [0.4, 0.5) is 15.8 Å². The predicted molar refractivity (Wildman–Crippen MR) is 69.6 cm³/mol. The molecule has 0 atom stereocenters. The Labute approximate surface area is 104 Å². The SMILES string of the molecule is Nc1ccc(Cl)cc1NCc1ccc(F)cc1. The molecular formula is C13H12ClFN2. The number of hydrogen-bond acceptors (Lipinski definition) is 2. The fourth-order valence-electron chi connectivity index (χ4n) is 1.48. The molecule has 4 heteroatoms. The van der Waals surface area contributed by atoms with Crippen molar-refractivity contribution in [2.45, 2.75) is 6.54 Å². The molecule has 88 valence electrons. The minimum absolute atomic E-state index is 0.240. The molecule has 3 N–H and O–H groups in total. The summed E-state index contributed by atoms with van der Waals surface area (Å²) in [5.74, 6) is -0.240. The maximum atomic E-state index is 12.7. The highest BCUT2D eigenvalue weighted by molar-refractivity contribution is 6.31. The molecule has 0 aliphatic carbocycles. The fraction of sp³-hybridized carbons (Fsp3) is 0.0769. The third kappa shape index (κ3) is 3.11. The maximum Gasteiger partial charge on any atom is 0.123 e. The molecule has 0 amide bonds. The first-order chi connectivity index (χ1) is 8.15. The maximum absolute atomic E-state index is 12.7. The van der Waals surface area contributed by atoms with Crippen molar-refractivity contribution in [3.05, 3.63) is 58.9 Å². The molecule has 0 saturated heterocycles. The number of rotatable bonds is 3. The van der Waals surface area contributed by atoms with Crippen molar-refractivity contribution in [3.8, 4) is 0 Å². The van der Waals surface area contributed by atoms with E-state index in [9.17, 15) is 4.39 Å². The molecule has 0 aliphatic rings. The first-order valence-corrected chi connectivity index (χ1v) is 5.56. The summed E-state index contributed by atoms with van der Waals surface area (Å²) in [4.78, 5) is 0. The van der Waals surface area contributed by atoms with Crippen LogP contribution in [0.15, 0.2) is 42.5 Å². The van der Waals surface area contributed by atoms with Crippen molar-refractivity contribution in [2.24, 2.45) is 0 Å². The Bertz CT molecular complexity index is 511. The van der Waals surface area contributed by atoms with Crippen molar-refractivity contribution in [1.29, 1.82) is 0 Å². The normalized spacial score (nSPS) is 10.2. The van der Waals surface area contributed by atoms with Crippen molar-refractivity contribution < 1.29 is 4.39 Å². The van der Waals surface area contributed by atoms with Crippen molar-refractivity contribution in [2.75, 3.05) is 11.1 Å². The zero-order chi connectivity index (χ0) is 12.3. The van der Waals surface area contributed by atoms with E-state index in [2.05, 4.69) is 5.32 Å². The molecule has 2 aromatic rings. The van der Waals surface area contributed by atoms with Crippen LogP contribution < -0.4 is 11.1 Å². The lowest BCUT2D eigenvalue weighted by Crippen LogP contribution is -2.02. The topological polar surface area (TPSA) is 38.0 Å². The largest absolute Gasteiger partial charge is 0.397 e. The van der Waals surface area contributed by atoms with Crippen LogP contribution in [0.5, 0.6) is 0 Å². The second-order valence-electron chi connectivity index (χ2n) is 3.71. The summed E-state index contributed by atoms with van der Waals surface area (Å²) in [7, 11) is 0. The minimum Gasteiger partial charge on any atom is -0.397 e. The number of hydrogen-bond donors (Lipinski definition) is 2. The van der Waals surface area contributed by atoms with Gasteiger partial charge in [-0.2, -0.15) is 0 Å². The van der Waals surface area contributed by atoms with Gasteiger partial charge in [0.05, 0.1) is 11.4 Å². The molecule has 0 spiro atoms.